The molecule has 0 unspecified atom stereocenters. The van der Waals surface area contributed by atoms with Crippen LogP contribution in [-0.2, 0) is 6.42 Å². The second-order valence-electron chi connectivity index (χ2n) is 3.08. The van der Waals surface area contributed by atoms with Gasteiger partial charge in [0.25, 0.3) is 0 Å². The maximum absolute atomic E-state index is 7.00. The zero-order valence-corrected chi connectivity index (χ0v) is 12.1. The maximum Gasteiger partial charge on any atom is 0.0319 e. The molecule has 0 radical (unpaired) electrons. The molecule has 0 aromatic heterocycles. The van der Waals surface area contributed by atoms with E-state index in [1.165, 1.54) is 12.0 Å². The maximum atomic E-state index is 7.00. The van der Waals surface area contributed by atoms with Gasteiger partial charge >= 0.3 is 0 Å². The second kappa shape index (κ2) is 19.7. The first-order valence-electron chi connectivity index (χ1n) is 6.27. The molecule has 1 heteroatoms. The van der Waals surface area contributed by atoms with E-state index in [2.05, 4.69) is 44.2 Å². The van der Waals surface area contributed by atoms with Gasteiger partial charge in [-0.05, 0) is 17.9 Å². The molecule has 0 aliphatic rings. The fourth-order valence-electron chi connectivity index (χ4n) is 1.09. The molecule has 0 aliphatic carbocycles. The molecule has 96 valence electrons. The topological polar surface area (TPSA) is 20.2 Å². The Hall–Kier alpha value is -0.820. The molecule has 0 bridgehead atoms. The molecule has 0 spiro atoms. The first kappa shape index (κ1) is 20.6. The molecule has 0 fully saturated rings. The molecule has 1 N–H and O–H groups in total. The van der Waals surface area contributed by atoms with Crippen molar-refractivity contribution in [3.63, 3.8) is 0 Å². The standard InChI is InChI=1S/C10H14.2C2H6.CH4O/c1-9(2)8-10-6-4-3-5-7-10;3*1-2/h3-7,9H,8H2,1-2H3;2*1-2H3;2H,1H3. The van der Waals surface area contributed by atoms with E-state index in [4.69, 9.17) is 5.11 Å². The van der Waals surface area contributed by atoms with Gasteiger partial charge in [-0.3, -0.25) is 0 Å². The van der Waals surface area contributed by atoms with E-state index in [1.807, 2.05) is 27.7 Å². The molecule has 1 aromatic rings. The van der Waals surface area contributed by atoms with Gasteiger partial charge in [0.2, 0.25) is 0 Å². The largest absolute Gasteiger partial charge is 0.400 e. The molecule has 1 aromatic carbocycles. The zero-order valence-electron chi connectivity index (χ0n) is 12.1. The van der Waals surface area contributed by atoms with Crippen LogP contribution in [0.1, 0.15) is 47.1 Å². The fourth-order valence-corrected chi connectivity index (χ4v) is 1.09. The van der Waals surface area contributed by atoms with E-state index < -0.39 is 0 Å². The van der Waals surface area contributed by atoms with Crippen molar-refractivity contribution in [3.8, 4) is 0 Å². The van der Waals surface area contributed by atoms with Crippen LogP contribution in [0.2, 0.25) is 0 Å². The summed E-state index contributed by atoms with van der Waals surface area (Å²) in [5.74, 6) is 0.766. The molecule has 1 rings (SSSR count). The summed E-state index contributed by atoms with van der Waals surface area (Å²) < 4.78 is 0. The number of aliphatic hydroxyl groups excluding tert-OH is 1. The predicted molar refractivity (Wildman–Crippen MR) is 75.8 cm³/mol. The lowest BCUT2D eigenvalue weighted by Gasteiger charge is -2.02. The van der Waals surface area contributed by atoms with E-state index in [0.717, 1.165) is 13.0 Å². The van der Waals surface area contributed by atoms with Gasteiger partial charge in [-0.1, -0.05) is 71.9 Å². The summed E-state index contributed by atoms with van der Waals surface area (Å²) in [6.45, 7) is 12.5. The summed E-state index contributed by atoms with van der Waals surface area (Å²) in [6, 6.07) is 10.6. The van der Waals surface area contributed by atoms with Gasteiger partial charge in [-0.15, -0.1) is 0 Å². The Morgan fingerprint density at radius 3 is 1.56 bits per heavy atom. The summed E-state index contributed by atoms with van der Waals surface area (Å²) >= 11 is 0. The van der Waals surface area contributed by atoms with E-state index in [1.54, 1.807) is 0 Å². The summed E-state index contributed by atoms with van der Waals surface area (Å²) in [6.07, 6.45) is 1.20. The van der Waals surface area contributed by atoms with E-state index in [-0.39, 0.29) is 0 Å². The van der Waals surface area contributed by atoms with Crippen LogP contribution in [0.5, 0.6) is 0 Å². The van der Waals surface area contributed by atoms with Crippen LogP contribution in [0.25, 0.3) is 0 Å². The van der Waals surface area contributed by atoms with Crippen molar-refractivity contribution < 1.29 is 5.11 Å². The Balaban J connectivity index is -0.000000245. The van der Waals surface area contributed by atoms with Crippen LogP contribution in [0, 0.1) is 5.92 Å². The molecule has 1 nitrogen and oxygen atoms in total. The highest BCUT2D eigenvalue weighted by Gasteiger charge is 1.94. The highest BCUT2D eigenvalue weighted by atomic mass is 16.2. The van der Waals surface area contributed by atoms with Crippen LogP contribution < -0.4 is 0 Å². The smallest absolute Gasteiger partial charge is 0.0319 e. The Bertz CT molecular complexity index is 180. The van der Waals surface area contributed by atoms with Crippen LogP contribution >= 0.6 is 0 Å². The number of hydrogen-bond acceptors (Lipinski definition) is 1. The third-order valence-electron chi connectivity index (χ3n) is 1.49. The molecule has 0 atom stereocenters. The quantitative estimate of drug-likeness (QED) is 0.784. The molecular weight excluding hydrogens is 196 g/mol. The number of aliphatic hydroxyl groups is 1. The summed E-state index contributed by atoms with van der Waals surface area (Å²) in [4.78, 5) is 0. The van der Waals surface area contributed by atoms with Crippen LogP contribution in [0.4, 0.5) is 0 Å². The molecule has 0 amide bonds. The van der Waals surface area contributed by atoms with Crippen molar-refractivity contribution in [1.82, 2.24) is 0 Å². The van der Waals surface area contributed by atoms with Crippen LogP contribution in [0.15, 0.2) is 30.3 Å². The normalized spacial score (nSPS) is 7.56. The lowest BCUT2D eigenvalue weighted by molar-refractivity contribution is 0.399. The fraction of sp³-hybridized carbons (Fsp3) is 0.600. The van der Waals surface area contributed by atoms with Gasteiger partial charge in [0.15, 0.2) is 0 Å². The second-order valence-corrected chi connectivity index (χ2v) is 3.08. The summed E-state index contributed by atoms with van der Waals surface area (Å²) in [5, 5.41) is 7.00. The van der Waals surface area contributed by atoms with Crippen molar-refractivity contribution in [2.24, 2.45) is 5.92 Å². The van der Waals surface area contributed by atoms with Crippen molar-refractivity contribution in [1.29, 1.82) is 0 Å². The van der Waals surface area contributed by atoms with Crippen LogP contribution in [-0.4, -0.2) is 12.2 Å². The average molecular weight is 226 g/mol. The van der Waals surface area contributed by atoms with Gasteiger partial charge in [0.1, 0.15) is 0 Å². The van der Waals surface area contributed by atoms with Crippen molar-refractivity contribution in [3.05, 3.63) is 35.9 Å². The Morgan fingerprint density at radius 2 is 1.25 bits per heavy atom. The average Bonchev–Trinajstić information content (AvgIpc) is 2.37. The Labute approximate surface area is 103 Å². The molecule has 0 saturated carbocycles. The Morgan fingerprint density at radius 1 is 0.875 bits per heavy atom. The minimum Gasteiger partial charge on any atom is -0.400 e. The van der Waals surface area contributed by atoms with Crippen molar-refractivity contribution in [2.45, 2.75) is 48.0 Å². The van der Waals surface area contributed by atoms with Crippen molar-refractivity contribution >= 4 is 0 Å². The highest BCUT2D eigenvalue weighted by Crippen LogP contribution is 2.05. The summed E-state index contributed by atoms with van der Waals surface area (Å²) in [5.41, 5.74) is 1.44. The molecular formula is C15H30O. The molecule has 0 saturated heterocycles. The van der Waals surface area contributed by atoms with Gasteiger partial charge in [0, 0.05) is 7.11 Å². The van der Waals surface area contributed by atoms with Gasteiger partial charge in [-0.2, -0.15) is 0 Å². The highest BCUT2D eigenvalue weighted by molar-refractivity contribution is 5.14. The first-order chi connectivity index (χ1) is 7.79. The molecule has 0 aliphatic heterocycles. The molecule has 16 heavy (non-hydrogen) atoms. The first-order valence-corrected chi connectivity index (χ1v) is 6.27. The lowest BCUT2D eigenvalue weighted by atomic mass is 10.0. The third kappa shape index (κ3) is 15.6. The number of hydrogen-bond donors (Lipinski definition) is 1. The van der Waals surface area contributed by atoms with E-state index >= 15 is 0 Å². The Kier molecular flexibility index (Phi) is 25.3. The minimum absolute atomic E-state index is 0.766. The summed E-state index contributed by atoms with van der Waals surface area (Å²) in [7, 11) is 1.00. The van der Waals surface area contributed by atoms with Gasteiger partial charge in [0.05, 0.1) is 0 Å². The van der Waals surface area contributed by atoms with Gasteiger partial charge in [-0.25, -0.2) is 0 Å². The van der Waals surface area contributed by atoms with Crippen LogP contribution in [0.3, 0.4) is 0 Å². The van der Waals surface area contributed by atoms with E-state index in [0.29, 0.717) is 0 Å². The SMILES string of the molecule is CC.CC.CC(C)Cc1ccccc1.CO. The monoisotopic (exact) mass is 226 g/mol. The molecule has 0 heterocycles. The number of benzene rings is 1. The lowest BCUT2D eigenvalue weighted by Crippen LogP contribution is -1.92. The van der Waals surface area contributed by atoms with Gasteiger partial charge < -0.3 is 5.11 Å². The number of rotatable bonds is 2. The van der Waals surface area contributed by atoms with Crippen molar-refractivity contribution in [2.75, 3.05) is 7.11 Å². The predicted octanol–water partition coefficient (Wildman–Crippen LogP) is 4.55. The zero-order chi connectivity index (χ0) is 13.4. The third-order valence-corrected chi connectivity index (χ3v) is 1.49. The van der Waals surface area contributed by atoms with E-state index in [9.17, 15) is 0 Å². The minimum atomic E-state index is 0.766.